The van der Waals surface area contributed by atoms with Crippen LogP contribution in [0.5, 0.6) is 0 Å². The van der Waals surface area contributed by atoms with Gasteiger partial charge in [0.15, 0.2) is 0 Å². The van der Waals surface area contributed by atoms with Crippen LogP contribution in [0.25, 0.3) is 0 Å². The number of rotatable bonds is 6. The molecule has 0 bridgehead atoms. The second-order valence-corrected chi connectivity index (χ2v) is 6.23. The molecule has 0 aromatic heterocycles. The highest BCUT2D eigenvalue weighted by Crippen LogP contribution is 2.13. The third kappa shape index (κ3) is 6.95. The summed E-state index contributed by atoms with van der Waals surface area (Å²) in [4.78, 5) is 34.5. The molecule has 0 aliphatic heterocycles. The summed E-state index contributed by atoms with van der Waals surface area (Å²) in [5.41, 5.74) is 0.886. The molecule has 1 rings (SSSR count). The fourth-order valence-electron chi connectivity index (χ4n) is 1.73. The first-order chi connectivity index (χ1) is 10.7. The molecule has 1 aromatic rings. The van der Waals surface area contributed by atoms with E-state index < -0.39 is 5.41 Å². The summed E-state index contributed by atoms with van der Waals surface area (Å²) in [7, 11) is 0. The van der Waals surface area contributed by atoms with Gasteiger partial charge in [-0.05, 0) is 17.7 Å². The molecular weight excluding hydrogens is 296 g/mol. The fraction of sp³-hybridized carbons (Fsp3) is 0.471. The molecule has 0 unspecified atom stereocenters. The van der Waals surface area contributed by atoms with Crippen molar-refractivity contribution in [1.82, 2.24) is 10.6 Å². The van der Waals surface area contributed by atoms with Gasteiger partial charge in [0, 0.05) is 24.4 Å². The van der Waals surface area contributed by atoms with Crippen molar-refractivity contribution < 1.29 is 19.1 Å². The maximum Gasteiger partial charge on any atom is 0.302 e. The molecule has 6 heteroatoms. The van der Waals surface area contributed by atoms with E-state index >= 15 is 0 Å². The van der Waals surface area contributed by atoms with E-state index in [0.29, 0.717) is 12.1 Å². The van der Waals surface area contributed by atoms with Crippen LogP contribution in [0.4, 0.5) is 0 Å². The lowest BCUT2D eigenvalue weighted by atomic mass is 9.95. The summed E-state index contributed by atoms with van der Waals surface area (Å²) in [6, 6.07) is 7.03. The molecule has 6 nitrogen and oxygen atoms in total. The van der Waals surface area contributed by atoms with Gasteiger partial charge in [-0.2, -0.15) is 0 Å². The highest BCUT2D eigenvalue weighted by atomic mass is 16.5. The third-order valence-corrected chi connectivity index (χ3v) is 3.02. The molecule has 1 aromatic carbocycles. The Labute approximate surface area is 136 Å². The summed E-state index contributed by atoms with van der Waals surface area (Å²) in [6.07, 6.45) is 0. The summed E-state index contributed by atoms with van der Waals surface area (Å²) in [6.45, 7) is 7.60. The van der Waals surface area contributed by atoms with Crippen molar-refractivity contribution in [3.63, 3.8) is 0 Å². The summed E-state index contributed by atoms with van der Waals surface area (Å²) in [5, 5.41) is 5.51. The molecule has 2 amide bonds. The van der Waals surface area contributed by atoms with Crippen molar-refractivity contribution in [2.45, 2.75) is 34.2 Å². The molecule has 0 fully saturated rings. The van der Waals surface area contributed by atoms with Crippen molar-refractivity contribution >= 4 is 17.8 Å². The topological polar surface area (TPSA) is 84.5 Å². The highest BCUT2D eigenvalue weighted by molar-refractivity contribution is 5.94. The number of carbonyl (C=O) groups is 3. The van der Waals surface area contributed by atoms with Gasteiger partial charge in [0.25, 0.3) is 5.91 Å². The minimum absolute atomic E-state index is 0.0475. The zero-order valence-electron chi connectivity index (χ0n) is 14.1. The van der Waals surface area contributed by atoms with Crippen molar-refractivity contribution in [2.24, 2.45) is 5.41 Å². The van der Waals surface area contributed by atoms with Crippen LogP contribution in [0.1, 0.15) is 43.6 Å². The highest BCUT2D eigenvalue weighted by Gasteiger charge is 2.20. The lowest BCUT2D eigenvalue weighted by Gasteiger charge is -2.17. The van der Waals surface area contributed by atoms with Crippen LogP contribution in [-0.4, -0.2) is 30.9 Å². The van der Waals surface area contributed by atoms with Crippen molar-refractivity contribution in [1.29, 1.82) is 0 Å². The van der Waals surface area contributed by atoms with E-state index in [9.17, 15) is 14.4 Å². The first kappa shape index (κ1) is 18.7. The Balaban J connectivity index is 2.54. The number of esters is 1. The summed E-state index contributed by atoms with van der Waals surface area (Å²) < 4.78 is 4.75. The average Bonchev–Trinajstić information content (AvgIpc) is 2.48. The summed E-state index contributed by atoms with van der Waals surface area (Å²) in [5.74, 6) is -0.675. The molecule has 0 atom stereocenters. The van der Waals surface area contributed by atoms with Crippen molar-refractivity contribution in [2.75, 3.05) is 13.2 Å². The van der Waals surface area contributed by atoms with Crippen LogP contribution in [0.3, 0.4) is 0 Å². The van der Waals surface area contributed by atoms with Crippen LogP contribution in [0, 0.1) is 5.41 Å². The van der Waals surface area contributed by atoms with Gasteiger partial charge in [0.2, 0.25) is 5.91 Å². The molecule has 0 heterocycles. The van der Waals surface area contributed by atoms with Gasteiger partial charge in [-0.3, -0.25) is 14.4 Å². The molecule has 0 radical (unpaired) electrons. The van der Waals surface area contributed by atoms with Gasteiger partial charge in [0.1, 0.15) is 6.61 Å². The van der Waals surface area contributed by atoms with E-state index in [1.807, 2.05) is 26.8 Å². The predicted molar refractivity (Wildman–Crippen MR) is 86.7 cm³/mol. The number of ether oxygens (including phenoxy) is 1. The number of amides is 2. The van der Waals surface area contributed by atoms with Gasteiger partial charge >= 0.3 is 5.97 Å². The Bertz CT molecular complexity index is 576. The minimum atomic E-state index is -0.453. The van der Waals surface area contributed by atoms with E-state index in [1.165, 1.54) is 6.92 Å². The lowest BCUT2D eigenvalue weighted by Crippen LogP contribution is -2.34. The average molecular weight is 320 g/mol. The maximum absolute atomic E-state index is 12.0. The first-order valence-corrected chi connectivity index (χ1v) is 7.49. The second kappa shape index (κ2) is 8.31. The van der Waals surface area contributed by atoms with E-state index in [2.05, 4.69) is 10.6 Å². The summed E-state index contributed by atoms with van der Waals surface area (Å²) >= 11 is 0. The third-order valence-electron chi connectivity index (χ3n) is 3.02. The SMILES string of the molecule is CC(=O)OCCNC(=O)c1cccc(CNC(=O)C(C)(C)C)c1. The second-order valence-electron chi connectivity index (χ2n) is 6.23. The Hall–Kier alpha value is -2.37. The van der Waals surface area contributed by atoms with Gasteiger partial charge in [-0.15, -0.1) is 0 Å². The molecule has 126 valence electrons. The van der Waals surface area contributed by atoms with Crippen LogP contribution in [-0.2, 0) is 20.9 Å². The Morgan fingerprint density at radius 1 is 1.13 bits per heavy atom. The van der Waals surface area contributed by atoms with Gasteiger partial charge in [-0.1, -0.05) is 32.9 Å². The van der Waals surface area contributed by atoms with Crippen LogP contribution in [0.2, 0.25) is 0 Å². The quantitative estimate of drug-likeness (QED) is 0.616. The number of hydrogen-bond acceptors (Lipinski definition) is 4. The molecule has 23 heavy (non-hydrogen) atoms. The van der Waals surface area contributed by atoms with Gasteiger partial charge in [0.05, 0.1) is 6.54 Å². The molecule has 2 N–H and O–H groups in total. The van der Waals surface area contributed by atoms with Gasteiger partial charge in [-0.25, -0.2) is 0 Å². The van der Waals surface area contributed by atoms with E-state index in [4.69, 9.17) is 4.74 Å². The predicted octanol–water partition coefficient (Wildman–Crippen LogP) is 1.64. The van der Waals surface area contributed by atoms with Gasteiger partial charge < -0.3 is 15.4 Å². The van der Waals surface area contributed by atoms with Crippen LogP contribution in [0.15, 0.2) is 24.3 Å². The largest absolute Gasteiger partial charge is 0.464 e. The Morgan fingerprint density at radius 3 is 2.43 bits per heavy atom. The van der Waals surface area contributed by atoms with E-state index in [1.54, 1.807) is 18.2 Å². The standard InChI is InChI=1S/C17H24N2O4/c1-12(20)23-9-8-18-15(21)14-7-5-6-13(10-14)11-19-16(22)17(2,3)4/h5-7,10H,8-9,11H2,1-4H3,(H,18,21)(H,19,22). The van der Waals surface area contributed by atoms with E-state index in [0.717, 1.165) is 5.56 Å². The minimum Gasteiger partial charge on any atom is -0.464 e. The first-order valence-electron chi connectivity index (χ1n) is 7.49. The lowest BCUT2D eigenvalue weighted by molar-refractivity contribution is -0.140. The zero-order chi connectivity index (χ0) is 17.5. The zero-order valence-corrected chi connectivity index (χ0v) is 14.1. The molecule has 0 saturated heterocycles. The van der Waals surface area contributed by atoms with Crippen molar-refractivity contribution in [3.8, 4) is 0 Å². The molecular formula is C17H24N2O4. The Kier molecular flexibility index (Phi) is 6.75. The smallest absolute Gasteiger partial charge is 0.302 e. The molecule has 0 saturated carbocycles. The fourth-order valence-corrected chi connectivity index (χ4v) is 1.73. The number of hydrogen-bond donors (Lipinski definition) is 2. The van der Waals surface area contributed by atoms with Crippen LogP contribution < -0.4 is 10.6 Å². The normalized spacial score (nSPS) is 10.8. The van der Waals surface area contributed by atoms with Crippen molar-refractivity contribution in [3.05, 3.63) is 35.4 Å². The molecule has 0 aliphatic carbocycles. The number of benzene rings is 1. The number of carbonyl (C=O) groups excluding carboxylic acids is 3. The number of nitrogens with one attached hydrogen (secondary N) is 2. The monoisotopic (exact) mass is 320 g/mol. The maximum atomic E-state index is 12.0. The van der Waals surface area contributed by atoms with E-state index in [-0.39, 0.29) is 30.9 Å². The molecule has 0 spiro atoms. The van der Waals surface area contributed by atoms with Crippen LogP contribution >= 0.6 is 0 Å². The Morgan fingerprint density at radius 2 is 1.83 bits per heavy atom. The molecule has 0 aliphatic rings.